The standard InChI is InChI=1S/C18H18FN5O/c1-25-14-4-2-3-12(9-14)16-10-15(11-5-7-13(19)8-6-11)21-18-22-17(20)23-24(16)18/h2-9,15-16H,10H2,1H3,(H3,20,21,22,23)/t15-,16-/m1/s1. The van der Waals surface area contributed by atoms with Crippen molar-refractivity contribution in [3.8, 4) is 5.75 Å². The summed E-state index contributed by atoms with van der Waals surface area (Å²) in [5.74, 6) is 1.35. The van der Waals surface area contributed by atoms with Gasteiger partial charge in [0, 0.05) is 0 Å². The summed E-state index contributed by atoms with van der Waals surface area (Å²) in [6.07, 6.45) is 0.731. The maximum absolute atomic E-state index is 13.2. The average molecular weight is 339 g/mol. The molecule has 1 aromatic heterocycles. The van der Waals surface area contributed by atoms with Crippen LogP contribution in [0.2, 0.25) is 0 Å². The average Bonchev–Trinajstić information content (AvgIpc) is 3.01. The van der Waals surface area contributed by atoms with Crippen molar-refractivity contribution in [2.75, 3.05) is 18.2 Å². The van der Waals surface area contributed by atoms with E-state index in [1.807, 2.05) is 24.3 Å². The lowest BCUT2D eigenvalue weighted by Crippen LogP contribution is -2.28. The molecule has 2 aromatic carbocycles. The zero-order valence-electron chi connectivity index (χ0n) is 13.7. The lowest BCUT2D eigenvalue weighted by atomic mass is 9.93. The number of nitrogens with zero attached hydrogens (tertiary/aromatic N) is 3. The normalized spacial score (nSPS) is 19.1. The first kappa shape index (κ1) is 15.4. The second-order valence-electron chi connectivity index (χ2n) is 6.01. The van der Waals surface area contributed by atoms with Crippen molar-refractivity contribution in [1.82, 2.24) is 14.8 Å². The summed E-state index contributed by atoms with van der Waals surface area (Å²) in [6, 6.07) is 14.3. The zero-order chi connectivity index (χ0) is 17.4. The van der Waals surface area contributed by atoms with Crippen LogP contribution < -0.4 is 15.8 Å². The largest absolute Gasteiger partial charge is 0.497 e. The number of anilines is 2. The molecule has 2 heterocycles. The molecule has 0 fully saturated rings. The summed E-state index contributed by atoms with van der Waals surface area (Å²) in [4.78, 5) is 4.28. The number of fused-ring (bicyclic) bond motifs is 1. The molecular weight excluding hydrogens is 321 g/mol. The summed E-state index contributed by atoms with van der Waals surface area (Å²) < 4.78 is 20.4. The number of nitrogens with two attached hydrogens (primary N) is 1. The summed E-state index contributed by atoms with van der Waals surface area (Å²) in [7, 11) is 1.64. The number of ether oxygens (including phenoxy) is 1. The molecular formula is C18H18FN5O. The van der Waals surface area contributed by atoms with E-state index in [4.69, 9.17) is 10.5 Å². The van der Waals surface area contributed by atoms with Gasteiger partial charge in [-0.05, 0) is 41.8 Å². The van der Waals surface area contributed by atoms with E-state index < -0.39 is 0 Å². The number of hydrogen-bond acceptors (Lipinski definition) is 5. The van der Waals surface area contributed by atoms with Crippen LogP contribution in [0.5, 0.6) is 5.75 Å². The van der Waals surface area contributed by atoms with E-state index in [2.05, 4.69) is 15.4 Å². The lowest BCUT2D eigenvalue weighted by molar-refractivity contribution is 0.406. The lowest BCUT2D eigenvalue weighted by Gasteiger charge is -2.31. The molecule has 6 nitrogen and oxygen atoms in total. The van der Waals surface area contributed by atoms with Crippen molar-refractivity contribution < 1.29 is 9.13 Å². The third-order valence-corrected chi connectivity index (χ3v) is 4.46. The Hall–Kier alpha value is -3.09. The third-order valence-electron chi connectivity index (χ3n) is 4.46. The third kappa shape index (κ3) is 2.88. The minimum atomic E-state index is -0.253. The summed E-state index contributed by atoms with van der Waals surface area (Å²) in [6.45, 7) is 0. The highest BCUT2D eigenvalue weighted by Gasteiger charge is 2.31. The van der Waals surface area contributed by atoms with Crippen LogP contribution in [0.25, 0.3) is 0 Å². The van der Waals surface area contributed by atoms with Crippen LogP contribution in [0.4, 0.5) is 16.3 Å². The number of halogens is 1. The van der Waals surface area contributed by atoms with Gasteiger partial charge in [0.05, 0.1) is 19.2 Å². The number of nitrogen functional groups attached to an aromatic ring is 1. The molecule has 2 atom stereocenters. The van der Waals surface area contributed by atoms with Gasteiger partial charge >= 0.3 is 0 Å². The molecule has 128 valence electrons. The topological polar surface area (TPSA) is 78.0 Å². The molecule has 1 aliphatic heterocycles. The number of benzene rings is 2. The van der Waals surface area contributed by atoms with Crippen LogP contribution in [0.3, 0.4) is 0 Å². The van der Waals surface area contributed by atoms with Crippen LogP contribution in [-0.4, -0.2) is 21.9 Å². The van der Waals surface area contributed by atoms with Crippen molar-refractivity contribution >= 4 is 11.9 Å². The van der Waals surface area contributed by atoms with E-state index in [1.54, 1.807) is 23.9 Å². The van der Waals surface area contributed by atoms with Crippen molar-refractivity contribution in [3.63, 3.8) is 0 Å². The summed E-state index contributed by atoms with van der Waals surface area (Å²) in [5.41, 5.74) is 7.84. The predicted molar refractivity (Wildman–Crippen MR) is 92.9 cm³/mol. The number of methoxy groups -OCH3 is 1. The first-order valence-corrected chi connectivity index (χ1v) is 8.02. The first-order valence-electron chi connectivity index (χ1n) is 8.02. The Morgan fingerprint density at radius 2 is 2.00 bits per heavy atom. The predicted octanol–water partition coefficient (Wildman–Crippen LogP) is 3.15. The van der Waals surface area contributed by atoms with E-state index in [-0.39, 0.29) is 23.8 Å². The van der Waals surface area contributed by atoms with Gasteiger partial charge in [-0.15, -0.1) is 5.10 Å². The van der Waals surface area contributed by atoms with E-state index in [0.29, 0.717) is 5.95 Å². The summed E-state index contributed by atoms with van der Waals surface area (Å²) >= 11 is 0. The fourth-order valence-corrected chi connectivity index (χ4v) is 3.23. The van der Waals surface area contributed by atoms with Gasteiger partial charge < -0.3 is 15.8 Å². The van der Waals surface area contributed by atoms with Gasteiger partial charge in [-0.2, -0.15) is 4.98 Å². The highest BCUT2D eigenvalue weighted by molar-refractivity contribution is 5.42. The molecule has 4 rings (SSSR count). The molecule has 0 saturated heterocycles. The number of nitrogens with one attached hydrogen (secondary N) is 1. The molecule has 3 N–H and O–H groups in total. The molecule has 0 spiro atoms. The van der Waals surface area contributed by atoms with Gasteiger partial charge in [0.1, 0.15) is 11.6 Å². The van der Waals surface area contributed by atoms with Crippen LogP contribution in [0.1, 0.15) is 29.6 Å². The van der Waals surface area contributed by atoms with E-state index in [1.165, 1.54) is 12.1 Å². The van der Waals surface area contributed by atoms with Crippen molar-refractivity contribution in [3.05, 3.63) is 65.5 Å². The Balaban J connectivity index is 1.75. The second-order valence-corrected chi connectivity index (χ2v) is 6.01. The van der Waals surface area contributed by atoms with Crippen LogP contribution >= 0.6 is 0 Å². The Bertz CT molecular complexity index is 893. The fourth-order valence-electron chi connectivity index (χ4n) is 3.23. The van der Waals surface area contributed by atoms with E-state index in [9.17, 15) is 4.39 Å². The molecule has 0 amide bonds. The number of rotatable bonds is 3. The molecule has 0 aliphatic carbocycles. The van der Waals surface area contributed by atoms with Crippen LogP contribution in [-0.2, 0) is 0 Å². The molecule has 25 heavy (non-hydrogen) atoms. The molecule has 0 unspecified atom stereocenters. The smallest absolute Gasteiger partial charge is 0.241 e. The van der Waals surface area contributed by atoms with Gasteiger partial charge in [-0.25, -0.2) is 9.07 Å². The molecule has 3 aromatic rings. The second kappa shape index (κ2) is 6.08. The van der Waals surface area contributed by atoms with Gasteiger partial charge in [-0.1, -0.05) is 24.3 Å². The van der Waals surface area contributed by atoms with Crippen molar-refractivity contribution in [2.24, 2.45) is 0 Å². The highest BCUT2D eigenvalue weighted by Crippen LogP contribution is 2.38. The quantitative estimate of drug-likeness (QED) is 0.766. The van der Waals surface area contributed by atoms with Gasteiger partial charge in [0.25, 0.3) is 0 Å². The molecule has 0 bridgehead atoms. The molecule has 1 aliphatic rings. The SMILES string of the molecule is COc1cccc([C@H]2C[C@H](c3ccc(F)cc3)Nc3nc(N)nn32)c1. The Morgan fingerprint density at radius 1 is 1.20 bits per heavy atom. The monoisotopic (exact) mass is 339 g/mol. The van der Waals surface area contributed by atoms with Gasteiger partial charge in [0.2, 0.25) is 11.9 Å². The molecule has 0 saturated carbocycles. The van der Waals surface area contributed by atoms with Gasteiger partial charge in [0.15, 0.2) is 0 Å². The zero-order valence-corrected chi connectivity index (χ0v) is 13.7. The Labute approximate surface area is 144 Å². The maximum atomic E-state index is 13.2. The maximum Gasteiger partial charge on any atom is 0.241 e. The van der Waals surface area contributed by atoms with E-state index >= 15 is 0 Å². The van der Waals surface area contributed by atoms with Gasteiger partial charge in [-0.3, -0.25) is 0 Å². The van der Waals surface area contributed by atoms with Crippen LogP contribution in [0.15, 0.2) is 48.5 Å². The number of aromatic nitrogens is 3. The van der Waals surface area contributed by atoms with Crippen molar-refractivity contribution in [1.29, 1.82) is 0 Å². The van der Waals surface area contributed by atoms with Crippen molar-refractivity contribution in [2.45, 2.75) is 18.5 Å². The number of hydrogen-bond donors (Lipinski definition) is 2. The van der Waals surface area contributed by atoms with E-state index in [0.717, 1.165) is 23.3 Å². The van der Waals surface area contributed by atoms with Crippen LogP contribution in [0, 0.1) is 5.82 Å². The Morgan fingerprint density at radius 3 is 2.76 bits per heavy atom. The molecule has 7 heteroatoms. The fraction of sp³-hybridized carbons (Fsp3) is 0.222. The first-order chi connectivity index (χ1) is 12.1. The molecule has 0 radical (unpaired) electrons. The minimum absolute atomic E-state index is 0.0205. The summed E-state index contributed by atoms with van der Waals surface area (Å²) in [5, 5.41) is 7.66. The minimum Gasteiger partial charge on any atom is -0.497 e. The Kier molecular flexibility index (Phi) is 3.76. The highest BCUT2D eigenvalue weighted by atomic mass is 19.1.